The molecule has 1 unspecified atom stereocenters. The summed E-state index contributed by atoms with van der Waals surface area (Å²) in [7, 11) is 3.82. The Morgan fingerprint density at radius 3 is 2.67 bits per heavy atom. The van der Waals surface area contributed by atoms with Crippen molar-refractivity contribution in [3.63, 3.8) is 0 Å². The van der Waals surface area contributed by atoms with Crippen molar-refractivity contribution in [2.24, 2.45) is 0 Å². The third-order valence-corrected chi connectivity index (χ3v) is 2.69. The molecule has 0 saturated heterocycles. The Morgan fingerprint density at radius 1 is 1.50 bits per heavy atom. The lowest BCUT2D eigenvalue weighted by atomic mass is 10.0. The van der Waals surface area contributed by atoms with Gasteiger partial charge in [-0.25, -0.2) is 0 Å². The first kappa shape index (κ1) is 14.7. The summed E-state index contributed by atoms with van der Waals surface area (Å²) in [6.07, 6.45) is 0.417. The molecule has 1 rings (SSSR count). The molecule has 0 aromatic carbocycles. The third kappa shape index (κ3) is 4.50. The number of aliphatic hydroxyl groups is 1. The van der Waals surface area contributed by atoms with Crippen molar-refractivity contribution in [2.75, 3.05) is 27.2 Å². The van der Waals surface area contributed by atoms with E-state index in [2.05, 4.69) is 5.32 Å². The summed E-state index contributed by atoms with van der Waals surface area (Å²) in [5, 5.41) is 12.9. The molecule has 5 heteroatoms. The van der Waals surface area contributed by atoms with Gasteiger partial charge in [-0.1, -0.05) is 0 Å². The number of aryl methyl sites for hydroxylation is 1. The lowest BCUT2D eigenvalue weighted by Gasteiger charge is -2.21. The Hall–Kier alpha value is -1.33. The summed E-state index contributed by atoms with van der Waals surface area (Å²) < 4.78 is 5.37. The molecular formula is C13H22N2O3. The fourth-order valence-corrected chi connectivity index (χ4v) is 1.50. The minimum atomic E-state index is -1.18. The standard InChI is InChI=1S/C13H22N2O3/c1-10-5-6-11(18-10)13(2,17)9-14-12(16)7-8-15(3)4/h5-6,17H,7-9H2,1-4H3,(H,14,16). The molecule has 2 N–H and O–H groups in total. The largest absolute Gasteiger partial charge is 0.463 e. The minimum absolute atomic E-state index is 0.0766. The van der Waals surface area contributed by atoms with Crippen molar-refractivity contribution in [3.05, 3.63) is 23.7 Å². The van der Waals surface area contributed by atoms with Crippen molar-refractivity contribution in [3.8, 4) is 0 Å². The summed E-state index contributed by atoms with van der Waals surface area (Å²) in [5.74, 6) is 1.13. The Labute approximate surface area is 108 Å². The van der Waals surface area contributed by atoms with Crippen LogP contribution in [0.5, 0.6) is 0 Å². The first-order valence-electron chi connectivity index (χ1n) is 6.02. The lowest BCUT2D eigenvalue weighted by Crippen LogP contribution is -2.39. The lowest BCUT2D eigenvalue weighted by molar-refractivity contribution is -0.122. The molecule has 1 aromatic heterocycles. The topological polar surface area (TPSA) is 65.7 Å². The van der Waals surface area contributed by atoms with E-state index in [4.69, 9.17) is 4.42 Å². The molecule has 0 bridgehead atoms. The van der Waals surface area contributed by atoms with E-state index in [-0.39, 0.29) is 12.5 Å². The van der Waals surface area contributed by atoms with Crippen LogP contribution in [0.15, 0.2) is 16.5 Å². The van der Waals surface area contributed by atoms with Gasteiger partial charge in [0.05, 0.1) is 6.54 Å². The minimum Gasteiger partial charge on any atom is -0.463 e. The van der Waals surface area contributed by atoms with E-state index in [1.165, 1.54) is 0 Å². The van der Waals surface area contributed by atoms with Gasteiger partial charge in [-0.3, -0.25) is 4.79 Å². The summed E-state index contributed by atoms with van der Waals surface area (Å²) in [6.45, 7) is 4.27. The van der Waals surface area contributed by atoms with Crippen LogP contribution in [0, 0.1) is 6.92 Å². The zero-order valence-corrected chi connectivity index (χ0v) is 11.5. The van der Waals surface area contributed by atoms with E-state index in [1.54, 1.807) is 19.1 Å². The van der Waals surface area contributed by atoms with Crippen LogP contribution in [0.1, 0.15) is 24.9 Å². The average Bonchev–Trinajstić information content (AvgIpc) is 2.71. The molecule has 1 amide bonds. The van der Waals surface area contributed by atoms with Crippen molar-refractivity contribution in [1.82, 2.24) is 10.2 Å². The summed E-state index contributed by atoms with van der Waals surface area (Å²) in [6, 6.07) is 3.51. The normalized spacial score (nSPS) is 14.6. The fraction of sp³-hybridized carbons (Fsp3) is 0.615. The van der Waals surface area contributed by atoms with Crippen molar-refractivity contribution in [1.29, 1.82) is 0 Å². The second-order valence-corrected chi connectivity index (χ2v) is 5.01. The smallest absolute Gasteiger partial charge is 0.221 e. The van der Waals surface area contributed by atoms with Crippen LogP contribution in [0.25, 0.3) is 0 Å². The van der Waals surface area contributed by atoms with E-state index in [1.807, 2.05) is 25.9 Å². The van der Waals surface area contributed by atoms with E-state index >= 15 is 0 Å². The maximum Gasteiger partial charge on any atom is 0.221 e. The number of carbonyl (C=O) groups excluding carboxylic acids is 1. The first-order chi connectivity index (χ1) is 8.31. The van der Waals surface area contributed by atoms with Gasteiger partial charge in [0.2, 0.25) is 5.91 Å². The highest BCUT2D eigenvalue weighted by molar-refractivity contribution is 5.76. The Kier molecular flexibility index (Phi) is 4.93. The van der Waals surface area contributed by atoms with Gasteiger partial charge < -0.3 is 19.7 Å². The van der Waals surface area contributed by atoms with Crippen molar-refractivity contribution >= 4 is 5.91 Å². The number of amides is 1. The van der Waals surface area contributed by atoms with E-state index in [9.17, 15) is 9.90 Å². The SMILES string of the molecule is Cc1ccc(C(C)(O)CNC(=O)CCN(C)C)o1. The van der Waals surface area contributed by atoms with Gasteiger partial charge in [-0.05, 0) is 40.1 Å². The molecule has 5 nitrogen and oxygen atoms in total. The summed E-state index contributed by atoms with van der Waals surface area (Å²) >= 11 is 0. The van der Waals surface area contributed by atoms with E-state index in [0.29, 0.717) is 18.7 Å². The van der Waals surface area contributed by atoms with Gasteiger partial charge in [0.15, 0.2) is 0 Å². The van der Waals surface area contributed by atoms with Crippen LogP contribution < -0.4 is 5.32 Å². The van der Waals surface area contributed by atoms with Crippen LogP contribution in [0.4, 0.5) is 0 Å². The van der Waals surface area contributed by atoms with E-state index in [0.717, 1.165) is 5.76 Å². The zero-order chi connectivity index (χ0) is 13.8. The fourth-order valence-electron chi connectivity index (χ4n) is 1.50. The predicted molar refractivity (Wildman–Crippen MR) is 69.2 cm³/mol. The monoisotopic (exact) mass is 254 g/mol. The molecular weight excluding hydrogens is 232 g/mol. The number of furan rings is 1. The second-order valence-electron chi connectivity index (χ2n) is 5.01. The number of hydrogen-bond acceptors (Lipinski definition) is 4. The Balaban J connectivity index is 2.44. The Bertz CT molecular complexity index is 397. The molecule has 0 aliphatic rings. The van der Waals surface area contributed by atoms with Crippen LogP contribution in [0.3, 0.4) is 0 Å². The van der Waals surface area contributed by atoms with E-state index < -0.39 is 5.60 Å². The highest BCUT2D eigenvalue weighted by Gasteiger charge is 2.27. The number of carbonyl (C=O) groups is 1. The number of nitrogens with one attached hydrogen (secondary N) is 1. The van der Waals surface area contributed by atoms with Crippen molar-refractivity contribution in [2.45, 2.75) is 25.9 Å². The first-order valence-corrected chi connectivity index (χ1v) is 6.02. The average molecular weight is 254 g/mol. The molecule has 1 atom stereocenters. The van der Waals surface area contributed by atoms with Gasteiger partial charge in [0.25, 0.3) is 0 Å². The molecule has 102 valence electrons. The molecule has 1 heterocycles. The molecule has 0 saturated carbocycles. The van der Waals surface area contributed by atoms with Crippen LogP contribution in [0.2, 0.25) is 0 Å². The molecule has 0 fully saturated rings. The molecule has 18 heavy (non-hydrogen) atoms. The molecule has 0 aliphatic carbocycles. The predicted octanol–water partition coefficient (Wildman–Crippen LogP) is 0.863. The highest BCUT2D eigenvalue weighted by atomic mass is 16.4. The van der Waals surface area contributed by atoms with Crippen LogP contribution in [-0.4, -0.2) is 43.1 Å². The van der Waals surface area contributed by atoms with Gasteiger partial charge in [-0.2, -0.15) is 0 Å². The van der Waals surface area contributed by atoms with Crippen molar-refractivity contribution < 1.29 is 14.3 Å². The quantitative estimate of drug-likeness (QED) is 0.790. The molecule has 0 spiro atoms. The number of nitrogens with zero attached hydrogens (tertiary/aromatic N) is 1. The summed E-state index contributed by atoms with van der Waals surface area (Å²) in [5.41, 5.74) is -1.18. The maximum atomic E-state index is 11.6. The third-order valence-electron chi connectivity index (χ3n) is 2.69. The molecule has 0 radical (unpaired) electrons. The Morgan fingerprint density at radius 2 is 2.17 bits per heavy atom. The number of rotatable bonds is 6. The molecule has 1 aromatic rings. The molecule has 0 aliphatic heterocycles. The highest BCUT2D eigenvalue weighted by Crippen LogP contribution is 2.21. The maximum absolute atomic E-state index is 11.6. The van der Waals surface area contributed by atoms with Crippen LogP contribution >= 0.6 is 0 Å². The zero-order valence-electron chi connectivity index (χ0n) is 11.5. The number of hydrogen-bond donors (Lipinski definition) is 2. The second kappa shape index (κ2) is 6.02. The van der Waals surface area contributed by atoms with Crippen LogP contribution in [-0.2, 0) is 10.4 Å². The van der Waals surface area contributed by atoms with Gasteiger partial charge >= 0.3 is 0 Å². The van der Waals surface area contributed by atoms with Gasteiger partial charge in [0.1, 0.15) is 17.1 Å². The van der Waals surface area contributed by atoms with Gasteiger partial charge in [-0.15, -0.1) is 0 Å². The summed E-state index contributed by atoms with van der Waals surface area (Å²) in [4.78, 5) is 13.5. The van der Waals surface area contributed by atoms with Gasteiger partial charge in [0, 0.05) is 13.0 Å².